The normalized spacial score (nSPS) is 17.0. The molecule has 1 amide bonds. The summed E-state index contributed by atoms with van der Waals surface area (Å²) in [6.45, 7) is 5.16. The van der Waals surface area contributed by atoms with Crippen LogP contribution < -0.4 is 20.1 Å². The van der Waals surface area contributed by atoms with Crippen molar-refractivity contribution in [1.82, 2.24) is 9.88 Å². The molecule has 1 aromatic heterocycles. The number of hydrogen-bond donors (Lipinski definition) is 1. The summed E-state index contributed by atoms with van der Waals surface area (Å²) in [7, 11) is 3.36. The molecule has 0 unspecified atom stereocenters. The fourth-order valence-electron chi connectivity index (χ4n) is 5.13. The Hall–Kier alpha value is -3.65. The minimum atomic E-state index is -0.265. The molecule has 8 heteroatoms. The van der Waals surface area contributed by atoms with Gasteiger partial charge >= 0.3 is 0 Å². The largest absolute Gasteiger partial charge is 0.493 e. The molecule has 0 saturated carbocycles. The predicted octanol–water partition coefficient (Wildman–Crippen LogP) is 4.93. The fraction of sp³-hybridized carbons (Fsp3) is 0.419. The number of anilines is 1. The van der Waals surface area contributed by atoms with E-state index in [1.807, 2.05) is 24.3 Å². The molecular formula is C31H39FN4O3. The van der Waals surface area contributed by atoms with Gasteiger partial charge < -0.3 is 25.0 Å². The van der Waals surface area contributed by atoms with Gasteiger partial charge in [0.25, 0.3) is 0 Å². The van der Waals surface area contributed by atoms with Gasteiger partial charge in [-0.05, 0) is 106 Å². The number of nitrogens with two attached hydrogens (primary N) is 1. The Morgan fingerprint density at radius 3 is 2.41 bits per heavy atom. The number of nitrogens with zero attached hydrogens (tertiary/aromatic N) is 3. The molecular weight excluding hydrogens is 495 g/mol. The second kappa shape index (κ2) is 13.9. The van der Waals surface area contributed by atoms with Gasteiger partial charge in [-0.25, -0.2) is 9.37 Å². The van der Waals surface area contributed by atoms with Crippen LogP contribution in [0.4, 0.5) is 10.2 Å². The van der Waals surface area contributed by atoms with Crippen molar-refractivity contribution in [3.8, 4) is 22.8 Å². The zero-order valence-electron chi connectivity index (χ0n) is 22.9. The number of benzene rings is 2. The summed E-state index contributed by atoms with van der Waals surface area (Å²) in [6, 6.07) is 18.2. The number of amides is 1. The van der Waals surface area contributed by atoms with Crippen molar-refractivity contribution in [2.45, 2.75) is 32.1 Å². The van der Waals surface area contributed by atoms with Gasteiger partial charge in [-0.15, -0.1) is 0 Å². The highest BCUT2D eigenvalue weighted by Gasteiger charge is 2.27. The van der Waals surface area contributed by atoms with E-state index in [1.165, 1.54) is 56.6 Å². The number of pyridine rings is 1. The van der Waals surface area contributed by atoms with E-state index in [1.54, 1.807) is 26.4 Å². The van der Waals surface area contributed by atoms with E-state index in [4.69, 9.17) is 15.2 Å². The number of likely N-dealkylation sites (tertiary alicyclic amines) is 1. The maximum Gasteiger partial charge on any atom is 0.222 e. The number of carbonyl (C=O) groups excluding carboxylic acids is 1. The number of primary amides is 1. The maximum atomic E-state index is 13.0. The summed E-state index contributed by atoms with van der Waals surface area (Å²) in [5.74, 6) is 1.82. The Morgan fingerprint density at radius 1 is 1.00 bits per heavy atom. The van der Waals surface area contributed by atoms with Crippen LogP contribution in [0.2, 0.25) is 0 Å². The first kappa shape index (κ1) is 28.4. The van der Waals surface area contributed by atoms with Crippen molar-refractivity contribution in [2.24, 2.45) is 11.7 Å². The number of aromatic nitrogens is 1. The lowest BCUT2D eigenvalue weighted by atomic mass is 10.1. The first-order valence-corrected chi connectivity index (χ1v) is 13.7. The summed E-state index contributed by atoms with van der Waals surface area (Å²) in [5, 5.41) is 0. The molecule has 2 aliphatic rings. The van der Waals surface area contributed by atoms with Crippen molar-refractivity contribution in [3.05, 3.63) is 72.0 Å². The number of halogens is 1. The number of aryl methyl sites for hydroxylation is 1. The SMILES string of the molecule is COc1ccc(CCCN2CCCC2)cc1OC.NC(=O)[C@@H]1CCN(c2cccc(-c3ccc(F)cc3)n2)C1. The highest BCUT2D eigenvalue weighted by atomic mass is 19.1. The molecule has 0 radical (unpaired) electrons. The quantitative estimate of drug-likeness (QED) is 0.419. The topological polar surface area (TPSA) is 80.9 Å². The summed E-state index contributed by atoms with van der Waals surface area (Å²) in [4.78, 5) is 20.5. The molecule has 7 nitrogen and oxygen atoms in total. The molecule has 3 heterocycles. The molecule has 5 rings (SSSR count). The monoisotopic (exact) mass is 534 g/mol. The Bertz CT molecular complexity index is 1210. The number of hydrogen-bond acceptors (Lipinski definition) is 6. The standard InChI is InChI=1S/C16H16FN3O.C15H23NO2/c17-13-6-4-11(5-7-13)14-2-1-3-15(19-14)20-9-8-12(10-20)16(18)21;1-17-14-8-7-13(12-15(14)18-2)6-5-11-16-9-3-4-10-16/h1-7,12H,8-10H2,(H2,18,21);7-8,12H,3-6,9-11H2,1-2H3/t12-;/m1./s1. The molecule has 3 aromatic rings. The number of carbonyl (C=O) groups is 1. The molecule has 2 aromatic carbocycles. The summed E-state index contributed by atoms with van der Waals surface area (Å²) in [6.07, 6.45) is 5.83. The van der Waals surface area contributed by atoms with Crippen LogP contribution in [0, 0.1) is 11.7 Å². The molecule has 2 aliphatic heterocycles. The zero-order chi connectivity index (χ0) is 27.6. The van der Waals surface area contributed by atoms with Gasteiger partial charge in [0.05, 0.1) is 25.8 Å². The van der Waals surface area contributed by atoms with Crippen molar-refractivity contribution in [3.63, 3.8) is 0 Å². The van der Waals surface area contributed by atoms with Gasteiger partial charge in [0.15, 0.2) is 11.5 Å². The van der Waals surface area contributed by atoms with Gasteiger partial charge in [-0.1, -0.05) is 12.1 Å². The average molecular weight is 535 g/mol. The van der Waals surface area contributed by atoms with Crippen LogP contribution in [0.5, 0.6) is 11.5 Å². The van der Waals surface area contributed by atoms with E-state index in [2.05, 4.69) is 26.9 Å². The third-order valence-corrected chi connectivity index (χ3v) is 7.38. The zero-order valence-corrected chi connectivity index (χ0v) is 22.9. The summed E-state index contributed by atoms with van der Waals surface area (Å²) >= 11 is 0. The first-order valence-electron chi connectivity index (χ1n) is 13.7. The van der Waals surface area contributed by atoms with E-state index in [9.17, 15) is 9.18 Å². The molecule has 0 bridgehead atoms. The van der Waals surface area contributed by atoms with Crippen LogP contribution in [-0.2, 0) is 11.2 Å². The summed E-state index contributed by atoms with van der Waals surface area (Å²) in [5.41, 5.74) is 8.33. The highest BCUT2D eigenvalue weighted by Crippen LogP contribution is 2.28. The number of rotatable bonds is 9. The maximum absolute atomic E-state index is 13.0. The Morgan fingerprint density at radius 2 is 1.74 bits per heavy atom. The highest BCUT2D eigenvalue weighted by molar-refractivity contribution is 5.78. The average Bonchev–Trinajstić information content (AvgIpc) is 3.67. The van der Waals surface area contributed by atoms with Gasteiger partial charge in [0, 0.05) is 18.7 Å². The van der Waals surface area contributed by atoms with Crippen LogP contribution in [0.15, 0.2) is 60.7 Å². The molecule has 2 fully saturated rings. The molecule has 2 saturated heterocycles. The molecule has 0 aliphatic carbocycles. The number of methoxy groups -OCH3 is 2. The van der Waals surface area contributed by atoms with E-state index in [0.717, 1.165) is 48.0 Å². The Kier molecular flexibility index (Phi) is 10.1. The van der Waals surface area contributed by atoms with Gasteiger partial charge in [-0.3, -0.25) is 4.79 Å². The minimum absolute atomic E-state index is 0.110. The van der Waals surface area contributed by atoms with E-state index < -0.39 is 0 Å². The fourth-order valence-corrected chi connectivity index (χ4v) is 5.13. The molecule has 2 N–H and O–H groups in total. The lowest BCUT2D eigenvalue weighted by molar-refractivity contribution is -0.121. The third-order valence-electron chi connectivity index (χ3n) is 7.38. The van der Waals surface area contributed by atoms with Crippen LogP contribution in [0.3, 0.4) is 0 Å². The van der Waals surface area contributed by atoms with E-state index >= 15 is 0 Å². The van der Waals surface area contributed by atoms with Crippen LogP contribution in [-0.4, -0.2) is 62.7 Å². The van der Waals surface area contributed by atoms with Crippen LogP contribution >= 0.6 is 0 Å². The van der Waals surface area contributed by atoms with Crippen molar-refractivity contribution in [1.29, 1.82) is 0 Å². The molecule has 208 valence electrons. The first-order chi connectivity index (χ1) is 19.0. The molecule has 39 heavy (non-hydrogen) atoms. The third kappa shape index (κ3) is 7.93. The van der Waals surface area contributed by atoms with Crippen molar-refractivity contribution >= 4 is 11.7 Å². The molecule has 1 atom stereocenters. The smallest absolute Gasteiger partial charge is 0.222 e. The second-order valence-corrected chi connectivity index (χ2v) is 10.1. The minimum Gasteiger partial charge on any atom is -0.493 e. The Balaban J connectivity index is 0.000000183. The van der Waals surface area contributed by atoms with Gasteiger partial charge in [-0.2, -0.15) is 0 Å². The molecule has 0 spiro atoms. The van der Waals surface area contributed by atoms with Crippen LogP contribution in [0.25, 0.3) is 11.3 Å². The van der Waals surface area contributed by atoms with Gasteiger partial charge in [0.1, 0.15) is 11.6 Å². The lowest BCUT2D eigenvalue weighted by Gasteiger charge is -2.17. The van der Waals surface area contributed by atoms with Crippen molar-refractivity contribution < 1.29 is 18.7 Å². The second-order valence-electron chi connectivity index (χ2n) is 10.1. The summed E-state index contributed by atoms with van der Waals surface area (Å²) < 4.78 is 23.5. The van der Waals surface area contributed by atoms with E-state index in [0.29, 0.717) is 6.54 Å². The Labute approximate surface area is 230 Å². The van der Waals surface area contributed by atoms with Gasteiger partial charge in [0.2, 0.25) is 5.91 Å². The lowest BCUT2D eigenvalue weighted by Crippen LogP contribution is -2.27. The van der Waals surface area contributed by atoms with Crippen molar-refractivity contribution in [2.75, 3.05) is 51.8 Å². The number of ether oxygens (including phenoxy) is 2. The van der Waals surface area contributed by atoms with Crippen LogP contribution in [0.1, 0.15) is 31.2 Å². The van der Waals surface area contributed by atoms with E-state index in [-0.39, 0.29) is 17.6 Å². The predicted molar refractivity (Wildman–Crippen MR) is 153 cm³/mol.